The van der Waals surface area contributed by atoms with Gasteiger partial charge in [0.05, 0.1) is 81.5 Å². The number of carbonyl (C=O) groups is 3. The van der Waals surface area contributed by atoms with Crippen LogP contribution in [0.2, 0.25) is 5.02 Å². The van der Waals surface area contributed by atoms with Gasteiger partial charge in [0.15, 0.2) is 0 Å². The molecule has 3 heterocycles. The van der Waals surface area contributed by atoms with Gasteiger partial charge in [-0.1, -0.05) is 36.6 Å². The molecule has 0 saturated heterocycles. The summed E-state index contributed by atoms with van der Waals surface area (Å²) in [6.07, 6.45) is 6.72. The van der Waals surface area contributed by atoms with Crippen LogP contribution in [0, 0.1) is 25.5 Å². The second-order valence-corrected chi connectivity index (χ2v) is 21.5. The molecule has 81 heavy (non-hydrogen) atoms. The Balaban J connectivity index is 0.712. The highest BCUT2D eigenvalue weighted by Gasteiger charge is 2.31. The normalized spacial score (nSPS) is 13.2. The van der Waals surface area contributed by atoms with Crippen molar-refractivity contribution in [2.75, 3.05) is 71.3 Å². The van der Waals surface area contributed by atoms with E-state index in [4.69, 9.17) is 41.0 Å². The van der Waals surface area contributed by atoms with Crippen LogP contribution in [-0.2, 0) is 40.8 Å². The van der Waals surface area contributed by atoms with E-state index in [0.717, 1.165) is 43.2 Å². The van der Waals surface area contributed by atoms with E-state index in [-0.39, 0.29) is 96.0 Å². The minimum Gasteiger partial charge on any atom is -0.491 e. The van der Waals surface area contributed by atoms with Crippen molar-refractivity contribution >= 4 is 61.9 Å². The number of hydrogen-bond acceptors (Lipinski definition) is 14. The van der Waals surface area contributed by atoms with Crippen LogP contribution < -0.4 is 31.4 Å². The molecule has 1 aliphatic rings. The largest absolute Gasteiger partial charge is 0.491 e. The van der Waals surface area contributed by atoms with Gasteiger partial charge in [-0.2, -0.15) is 4.98 Å². The number of ketones is 1. The van der Waals surface area contributed by atoms with E-state index in [1.807, 2.05) is 0 Å². The number of carbonyl (C=O) groups excluding carboxylic acids is 3. The number of aryl methyl sites for hydroxylation is 2. The summed E-state index contributed by atoms with van der Waals surface area (Å²) in [5.41, 5.74) is 7.19. The zero-order valence-electron chi connectivity index (χ0n) is 45.0. The summed E-state index contributed by atoms with van der Waals surface area (Å²) in [5, 5.41) is 7.06. The van der Waals surface area contributed by atoms with E-state index in [2.05, 4.69) is 25.3 Å². The van der Waals surface area contributed by atoms with Gasteiger partial charge in [0, 0.05) is 70.9 Å². The molecule has 8 rings (SSSR count). The number of primary amides is 1. The number of aromatic nitrogens is 4. The van der Waals surface area contributed by atoms with Crippen LogP contribution in [-0.4, -0.2) is 111 Å². The Hall–Kier alpha value is -7.44. The molecule has 3 aromatic heterocycles. The maximum atomic E-state index is 15.7. The lowest BCUT2D eigenvalue weighted by atomic mass is 9.92. The third-order valence-corrected chi connectivity index (χ3v) is 15.3. The minimum absolute atomic E-state index is 0.0542. The smallest absolute Gasteiger partial charge is 0.253 e. The maximum absolute atomic E-state index is 15.7. The predicted molar refractivity (Wildman–Crippen MR) is 301 cm³/mol. The van der Waals surface area contributed by atoms with Crippen LogP contribution in [0.25, 0.3) is 22.2 Å². The molecule has 0 unspecified atom stereocenters. The van der Waals surface area contributed by atoms with Crippen molar-refractivity contribution in [1.82, 2.24) is 29.1 Å². The number of nitrogens with two attached hydrogens (primary N) is 1. The van der Waals surface area contributed by atoms with Gasteiger partial charge in [0.25, 0.3) is 11.5 Å². The zero-order valence-corrected chi connectivity index (χ0v) is 46.5. The Morgan fingerprint density at radius 3 is 2.15 bits per heavy atom. The van der Waals surface area contributed by atoms with Crippen molar-refractivity contribution < 1.29 is 55.3 Å². The lowest BCUT2D eigenvalue weighted by Crippen LogP contribution is -2.32. The van der Waals surface area contributed by atoms with Crippen molar-refractivity contribution in [1.29, 1.82) is 0 Å². The first-order chi connectivity index (χ1) is 39.0. The summed E-state index contributed by atoms with van der Waals surface area (Å²) >= 11 is 6.20. The Morgan fingerprint density at radius 2 is 1.48 bits per heavy atom. The molecule has 4 aromatic carbocycles. The number of sulfonamides is 1. The molecule has 428 valence electrons. The highest BCUT2D eigenvalue weighted by Crippen LogP contribution is 2.37. The summed E-state index contributed by atoms with van der Waals surface area (Å²) in [5.74, 6) is -2.93. The molecule has 0 aliphatic heterocycles. The molecule has 1 saturated carbocycles. The molecule has 1 aliphatic carbocycles. The monoisotopic (exact) mass is 1150 g/mol. The summed E-state index contributed by atoms with van der Waals surface area (Å²) in [7, 11) is -2.31. The molecule has 2 amide bonds. The average molecular weight is 1150 g/mol. The van der Waals surface area contributed by atoms with Crippen molar-refractivity contribution in [3.63, 3.8) is 0 Å². The first-order valence-electron chi connectivity index (χ1n) is 26.3. The molecule has 7 aromatic rings. The van der Waals surface area contributed by atoms with Crippen molar-refractivity contribution in [3.05, 3.63) is 164 Å². The number of amides is 2. The molecule has 0 radical (unpaired) electrons. The zero-order chi connectivity index (χ0) is 57.6. The molecule has 0 spiro atoms. The lowest BCUT2D eigenvalue weighted by molar-refractivity contribution is -0.118. The number of ether oxygens (including phenoxy) is 5. The van der Waals surface area contributed by atoms with Crippen LogP contribution in [0.4, 0.5) is 20.4 Å². The number of rotatable bonds is 29. The first-order valence-corrected chi connectivity index (χ1v) is 28.2. The molecule has 5 N–H and O–H groups in total. The molecule has 1 atom stereocenters. The fourth-order valence-electron chi connectivity index (χ4n) is 9.53. The number of nitrogens with zero attached hydrogens (tertiary/aromatic N) is 4. The Bertz CT molecular complexity index is 3560. The lowest BCUT2D eigenvalue weighted by Gasteiger charge is -2.19. The average Bonchev–Trinajstić information content (AvgIpc) is 4.31. The molecular weight excluding hydrogens is 1090 g/mol. The number of benzene rings is 4. The topological polar surface area (TPSA) is 246 Å². The van der Waals surface area contributed by atoms with Gasteiger partial charge in [-0.05, 0) is 116 Å². The Morgan fingerprint density at radius 1 is 0.815 bits per heavy atom. The van der Waals surface area contributed by atoms with Gasteiger partial charge in [-0.15, -0.1) is 0 Å². The number of pyridine rings is 1. The predicted octanol–water partition coefficient (Wildman–Crippen LogP) is 8.21. The van der Waals surface area contributed by atoms with E-state index in [1.165, 1.54) is 42.9 Å². The number of anilines is 2. The molecular formula is C58H63ClF2N8O11S. The fraction of sp³-hybridized carbons (Fsp3) is 0.345. The summed E-state index contributed by atoms with van der Waals surface area (Å²) in [6.45, 7) is 5.48. The van der Waals surface area contributed by atoms with Gasteiger partial charge in [-0.3, -0.25) is 23.7 Å². The van der Waals surface area contributed by atoms with Gasteiger partial charge < -0.3 is 44.6 Å². The van der Waals surface area contributed by atoms with E-state index >= 15 is 8.78 Å². The minimum atomic E-state index is -3.83. The third-order valence-electron chi connectivity index (χ3n) is 13.6. The van der Waals surface area contributed by atoms with Crippen LogP contribution in [0.3, 0.4) is 0 Å². The van der Waals surface area contributed by atoms with Crippen LogP contribution in [0.1, 0.15) is 87.3 Å². The summed E-state index contributed by atoms with van der Waals surface area (Å²) in [4.78, 5) is 62.4. The second-order valence-electron chi connectivity index (χ2n) is 19.3. The number of fused-ring (bicyclic) bond motifs is 1. The Kier molecular flexibility index (Phi) is 20.5. The maximum Gasteiger partial charge on any atom is 0.253 e. The number of hydrogen-bond donors (Lipinski definition) is 4. The van der Waals surface area contributed by atoms with Crippen molar-refractivity contribution in [2.24, 2.45) is 12.8 Å². The number of nitrogens with one attached hydrogen (secondary N) is 3. The summed E-state index contributed by atoms with van der Waals surface area (Å²) in [6, 6.07) is 21.7. The summed E-state index contributed by atoms with van der Waals surface area (Å²) < 4.78 is 90.7. The second kappa shape index (κ2) is 27.8. The van der Waals surface area contributed by atoms with E-state index in [1.54, 1.807) is 78.4 Å². The quantitative estimate of drug-likeness (QED) is 0.0255. The van der Waals surface area contributed by atoms with Crippen molar-refractivity contribution in [2.45, 2.75) is 62.9 Å². The van der Waals surface area contributed by atoms with Gasteiger partial charge in [0.2, 0.25) is 27.7 Å². The van der Waals surface area contributed by atoms with Crippen LogP contribution >= 0.6 is 11.6 Å². The number of halogens is 3. The van der Waals surface area contributed by atoms with Gasteiger partial charge in [-0.25, -0.2) is 26.9 Å². The van der Waals surface area contributed by atoms with Crippen molar-refractivity contribution in [3.8, 4) is 16.9 Å². The van der Waals surface area contributed by atoms with Crippen LogP contribution in [0.5, 0.6) is 5.75 Å². The molecule has 23 heteroatoms. The fourth-order valence-corrected chi connectivity index (χ4v) is 10.8. The van der Waals surface area contributed by atoms with Gasteiger partial charge >= 0.3 is 0 Å². The molecule has 19 nitrogen and oxygen atoms in total. The standard InChI is InChI=1S/C58H63ClF2N8O11S/c1-36-31-44(16-19-48(36)66-58-63-34-40-13-20-51(71)69(56(40)67-58)42-9-4-5-10-42)81(74,75)64-21-22-76-23-24-77-25-26-78-27-28-79-29-30-80-43-14-11-38(12-15-43)55(72)54-53(52-37(2)46(60)17-18-47(52)61)45(35-68(54)3)57(73)65-49(33-50(62)70)39-7-6-8-41(59)32-39/h6-8,11-20,31-32,34-35,42,49,64H,4-5,9-10,21-30,33H2,1-3H3,(H2,62,70)(H,65,73)(H,63,66,67)/t49-/m0/s1. The molecule has 1 fully saturated rings. The van der Waals surface area contributed by atoms with E-state index in [9.17, 15) is 27.6 Å². The highest BCUT2D eigenvalue weighted by molar-refractivity contribution is 7.89. The molecule has 0 bridgehead atoms. The van der Waals surface area contributed by atoms with Crippen LogP contribution in [0.15, 0.2) is 113 Å². The Labute approximate surface area is 472 Å². The van der Waals surface area contributed by atoms with Gasteiger partial charge in [0.1, 0.15) is 29.6 Å². The first kappa shape index (κ1) is 59.7. The highest BCUT2D eigenvalue weighted by atomic mass is 35.5. The third kappa shape index (κ3) is 15.3. The SMILES string of the molecule is Cc1cc(S(=O)(=O)NCCOCCOCCOCCOCCOc2ccc(C(=O)c3c(-c4c(F)ccc(F)c4C)c(C(=O)N[C@@H](CC(N)=O)c4cccc(Cl)c4)cn3C)cc2)ccc1Nc1ncc2ccc(=O)n(C3CCCC3)c2n1. The van der Waals surface area contributed by atoms with E-state index < -0.39 is 45.3 Å². The van der Waals surface area contributed by atoms with E-state index in [0.29, 0.717) is 65.6 Å².